The summed E-state index contributed by atoms with van der Waals surface area (Å²) in [6, 6.07) is 8.64. The van der Waals surface area contributed by atoms with E-state index in [9.17, 15) is 22.8 Å². The van der Waals surface area contributed by atoms with E-state index in [1.54, 1.807) is 0 Å². The Morgan fingerprint density at radius 2 is 2.00 bits per heavy atom. The maximum absolute atomic E-state index is 12.1. The Labute approximate surface area is 125 Å². The summed E-state index contributed by atoms with van der Waals surface area (Å²) in [6.45, 7) is 0.0343. The highest BCUT2D eigenvalue weighted by Gasteiger charge is 2.37. The van der Waals surface area contributed by atoms with Gasteiger partial charge in [0.2, 0.25) is 0 Å². The van der Waals surface area contributed by atoms with Crippen LogP contribution in [0.2, 0.25) is 0 Å². The molecule has 1 fully saturated rings. The summed E-state index contributed by atoms with van der Waals surface area (Å²) in [7, 11) is 0. The fourth-order valence-electron chi connectivity index (χ4n) is 2.14. The summed E-state index contributed by atoms with van der Waals surface area (Å²) in [5.41, 5.74) is 0.905. The number of amides is 2. The second-order valence-electron chi connectivity index (χ2n) is 4.85. The number of allylic oxidation sites excluding steroid dienone is 1. The maximum atomic E-state index is 12.1. The smallest absolute Gasteiger partial charge is 0.417 e. The van der Waals surface area contributed by atoms with Crippen molar-refractivity contribution in [1.82, 2.24) is 4.90 Å². The highest BCUT2D eigenvalue weighted by molar-refractivity contribution is 5.99. The van der Waals surface area contributed by atoms with Crippen molar-refractivity contribution in [2.75, 3.05) is 6.61 Å². The second kappa shape index (κ2) is 6.64. The highest BCUT2D eigenvalue weighted by Crippen LogP contribution is 2.21. The van der Waals surface area contributed by atoms with Crippen molar-refractivity contribution in [3.05, 3.63) is 48.0 Å². The summed E-state index contributed by atoms with van der Waals surface area (Å²) in [6.07, 6.45) is -4.57. The molecule has 0 spiro atoms. The van der Waals surface area contributed by atoms with Crippen molar-refractivity contribution in [3.8, 4) is 0 Å². The van der Waals surface area contributed by atoms with Gasteiger partial charge in [-0.3, -0.25) is 4.79 Å². The van der Waals surface area contributed by atoms with Crippen LogP contribution in [0.3, 0.4) is 0 Å². The third-order valence-electron chi connectivity index (χ3n) is 3.12. The van der Waals surface area contributed by atoms with Crippen LogP contribution in [0.25, 0.3) is 0 Å². The molecule has 0 bridgehead atoms. The lowest BCUT2D eigenvalue weighted by Gasteiger charge is -2.18. The number of rotatable bonds is 4. The zero-order valence-electron chi connectivity index (χ0n) is 11.5. The molecule has 0 N–H and O–H groups in total. The minimum atomic E-state index is -4.38. The number of alkyl halides is 3. The van der Waals surface area contributed by atoms with Gasteiger partial charge in [0.25, 0.3) is 5.91 Å². The Bertz CT molecular complexity index is 569. The first-order valence-electron chi connectivity index (χ1n) is 6.64. The monoisotopic (exact) mass is 313 g/mol. The molecule has 22 heavy (non-hydrogen) atoms. The van der Waals surface area contributed by atoms with Crippen LogP contribution in [0.15, 0.2) is 42.5 Å². The normalized spacial score (nSPS) is 18.8. The third-order valence-corrected chi connectivity index (χ3v) is 3.12. The highest BCUT2D eigenvalue weighted by atomic mass is 19.4. The first kappa shape index (κ1) is 16.1. The van der Waals surface area contributed by atoms with E-state index in [1.165, 1.54) is 0 Å². The number of hydrogen-bond acceptors (Lipinski definition) is 3. The molecule has 1 aliphatic heterocycles. The van der Waals surface area contributed by atoms with Gasteiger partial charge in [-0.05, 0) is 12.0 Å². The number of ether oxygens (including phenoxy) is 1. The second-order valence-corrected chi connectivity index (χ2v) is 4.85. The minimum Gasteiger partial charge on any atom is -0.447 e. The van der Waals surface area contributed by atoms with Gasteiger partial charge in [-0.25, -0.2) is 9.69 Å². The average Bonchev–Trinajstić information content (AvgIpc) is 2.79. The van der Waals surface area contributed by atoms with Crippen LogP contribution in [0.4, 0.5) is 18.0 Å². The predicted molar refractivity (Wildman–Crippen MR) is 71.9 cm³/mol. The molecular formula is C15H14F3NO3. The van der Waals surface area contributed by atoms with Crippen molar-refractivity contribution in [3.63, 3.8) is 0 Å². The van der Waals surface area contributed by atoms with Crippen molar-refractivity contribution in [2.45, 2.75) is 25.1 Å². The first-order chi connectivity index (χ1) is 10.4. The summed E-state index contributed by atoms with van der Waals surface area (Å²) in [5.74, 6) is -0.798. The molecule has 1 unspecified atom stereocenters. The third kappa shape index (κ3) is 4.34. The molecule has 7 heteroatoms. The van der Waals surface area contributed by atoms with E-state index in [0.29, 0.717) is 12.5 Å². The summed E-state index contributed by atoms with van der Waals surface area (Å²) >= 11 is 0. The van der Waals surface area contributed by atoms with Crippen LogP contribution in [-0.4, -0.2) is 35.7 Å². The number of hydrogen-bond donors (Lipinski definition) is 0. The quantitative estimate of drug-likeness (QED) is 0.803. The molecule has 0 aliphatic carbocycles. The van der Waals surface area contributed by atoms with Gasteiger partial charge in [0.1, 0.15) is 6.61 Å². The molecule has 0 aromatic heterocycles. The van der Waals surface area contributed by atoms with Crippen LogP contribution in [0.5, 0.6) is 0 Å². The topological polar surface area (TPSA) is 46.6 Å². The Hall–Kier alpha value is -2.31. The molecule has 1 heterocycles. The Morgan fingerprint density at radius 3 is 2.64 bits per heavy atom. The van der Waals surface area contributed by atoms with Gasteiger partial charge in [0.05, 0.1) is 12.5 Å². The van der Waals surface area contributed by atoms with Crippen LogP contribution >= 0.6 is 0 Å². The summed E-state index contributed by atoms with van der Waals surface area (Å²) in [4.78, 5) is 24.4. The van der Waals surface area contributed by atoms with E-state index < -0.39 is 30.6 Å². The molecule has 118 valence electrons. The van der Waals surface area contributed by atoms with E-state index in [2.05, 4.69) is 0 Å². The fourth-order valence-corrected chi connectivity index (χ4v) is 2.14. The molecule has 1 aromatic rings. The number of cyclic esters (lactones) is 1. The lowest BCUT2D eigenvalue weighted by molar-refractivity contribution is -0.125. The summed E-state index contributed by atoms with van der Waals surface area (Å²) < 4.78 is 41.0. The van der Waals surface area contributed by atoms with Gasteiger partial charge < -0.3 is 4.74 Å². The zero-order chi connectivity index (χ0) is 16.2. The van der Waals surface area contributed by atoms with Gasteiger partial charge >= 0.3 is 12.3 Å². The number of imide groups is 1. The molecule has 1 aliphatic rings. The van der Waals surface area contributed by atoms with Gasteiger partial charge in [-0.1, -0.05) is 36.4 Å². The van der Waals surface area contributed by atoms with E-state index in [4.69, 9.17) is 4.74 Å². The lowest BCUT2D eigenvalue weighted by atomic mass is 10.1. The number of carbonyl (C=O) groups is 2. The molecular weight excluding hydrogens is 299 g/mol. The molecule has 1 saturated heterocycles. The average molecular weight is 313 g/mol. The minimum absolute atomic E-state index is 0.0343. The Kier molecular flexibility index (Phi) is 4.85. The number of halogens is 3. The van der Waals surface area contributed by atoms with Crippen molar-refractivity contribution < 1.29 is 27.5 Å². The number of benzene rings is 1. The van der Waals surface area contributed by atoms with Crippen LogP contribution < -0.4 is 0 Å². The number of carbonyl (C=O) groups excluding carboxylic acids is 2. The van der Waals surface area contributed by atoms with Crippen molar-refractivity contribution in [2.24, 2.45) is 0 Å². The molecule has 1 atom stereocenters. The van der Waals surface area contributed by atoms with Gasteiger partial charge in [0.15, 0.2) is 0 Å². The maximum Gasteiger partial charge on any atom is 0.417 e. The summed E-state index contributed by atoms with van der Waals surface area (Å²) in [5, 5.41) is 0. The molecule has 1 aromatic carbocycles. The van der Waals surface area contributed by atoms with Gasteiger partial charge in [-0.15, -0.1) is 0 Å². The Balaban J connectivity index is 2.03. The van der Waals surface area contributed by atoms with Crippen molar-refractivity contribution >= 4 is 12.0 Å². The molecule has 2 rings (SSSR count). The van der Waals surface area contributed by atoms with Crippen molar-refractivity contribution in [1.29, 1.82) is 0 Å². The first-order valence-corrected chi connectivity index (χ1v) is 6.64. The van der Waals surface area contributed by atoms with E-state index in [-0.39, 0.29) is 6.61 Å². The fraction of sp³-hybridized carbons (Fsp3) is 0.333. The lowest BCUT2D eigenvalue weighted by Crippen LogP contribution is -2.39. The van der Waals surface area contributed by atoms with Gasteiger partial charge in [0, 0.05) is 6.08 Å². The van der Waals surface area contributed by atoms with Crippen LogP contribution in [0, 0.1) is 0 Å². The zero-order valence-corrected chi connectivity index (χ0v) is 11.5. The molecule has 2 amide bonds. The molecule has 0 saturated carbocycles. The largest absolute Gasteiger partial charge is 0.447 e. The predicted octanol–water partition coefficient (Wildman–Crippen LogP) is 3.09. The standard InChI is InChI=1S/C15H14F3NO3/c16-15(17,18)8-4-7-13(20)19-12(10-22-14(19)21)9-11-5-2-1-3-6-11/h1-7,12H,8-10H2. The van der Waals surface area contributed by atoms with E-state index in [0.717, 1.165) is 16.5 Å². The van der Waals surface area contributed by atoms with Gasteiger partial charge in [-0.2, -0.15) is 13.2 Å². The van der Waals surface area contributed by atoms with E-state index >= 15 is 0 Å². The number of nitrogens with zero attached hydrogens (tertiary/aromatic N) is 1. The van der Waals surface area contributed by atoms with E-state index in [1.807, 2.05) is 30.3 Å². The molecule has 0 radical (unpaired) electrons. The Morgan fingerprint density at radius 1 is 1.32 bits per heavy atom. The SMILES string of the molecule is O=C(C=CCC(F)(F)F)N1C(=O)OCC1Cc1ccccc1. The van der Waals surface area contributed by atoms with Crippen LogP contribution in [0.1, 0.15) is 12.0 Å². The van der Waals surface area contributed by atoms with Crippen LogP contribution in [-0.2, 0) is 16.0 Å². The molecule has 4 nitrogen and oxygen atoms in total.